The molecule has 1 heterocycles. The Morgan fingerprint density at radius 3 is 2.64 bits per heavy atom. The van der Waals surface area contributed by atoms with E-state index in [1.165, 1.54) is 10.5 Å². The number of rotatable bonds is 7. The number of benzene rings is 1. The predicted octanol–water partition coefficient (Wildman–Crippen LogP) is 5.56. The van der Waals surface area contributed by atoms with E-state index in [1.54, 1.807) is 29.5 Å². The Morgan fingerprint density at radius 2 is 1.96 bits per heavy atom. The van der Waals surface area contributed by atoms with Crippen LogP contribution in [0.15, 0.2) is 42.0 Å². The number of halogens is 2. The Labute approximate surface area is 188 Å². The van der Waals surface area contributed by atoms with E-state index in [2.05, 4.69) is 17.5 Å². The molecule has 2 aromatic rings. The minimum absolute atomic E-state index is 0. The summed E-state index contributed by atoms with van der Waals surface area (Å²) in [6, 6.07) is 9.24. The molecule has 0 saturated carbocycles. The number of ether oxygens (including phenoxy) is 1. The largest absolute Gasteiger partial charge is 0.493 e. The second kappa shape index (κ2) is 10.4. The van der Waals surface area contributed by atoms with Crippen LogP contribution in [0.4, 0.5) is 0 Å². The second-order valence-corrected chi connectivity index (χ2v) is 7.81. The molecule has 0 saturated heterocycles. The summed E-state index contributed by atoms with van der Waals surface area (Å²) >= 11 is 13.7. The maximum Gasteiger partial charge on any atom is 0.122 e. The summed E-state index contributed by atoms with van der Waals surface area (Å²) in [5.41, 5.74) is 1.29. The third kappa shape index (κ3) is 6.34. The fourth-order valence-electron chi connectivity index (χ4n) is 3.01. The molecule has 1 aromatic carbocycles. The molecule has 1 aromatic heterocycles. The number of aliphatic hydroxyl groups is 1. The fourth-order valence-corrected chi connectivity index (χ4v) is 4.19. The first-order valence-electron chi connectivity index (χ1n) is 8.02. The standard InChI is InChI=1S/C19H19Cl2O2S.Y/c20-14-9-15(21)11-16(10-14)23-12-18-13(6-7-19(18)22)3-1-4-17-5-2-8-24-17;/h2,5-6,9-11,18-19,22H,1,3-4,7,12H2;/q-1;/t18-,19-;/m1./s1. The molecule has 1 aliphatic carbocycles. The quantitative estimate of drug-likeness (QED) is 0.423. The second-order valence-electron chi connectivity index (χ2n) is 5.98. The molecule has 0 unspecified atom stereocenters. The summed E-state index contributed by atoms with van der Waals surface area (Å²) in [6.07, 6.45) is 5.60. The van der Waals surface area contributed by atoms with E-state index in [0.717, 1.165) is 19.3 Å². The summed E-state index contributed by atoms with van der Waals surface area (Å²) in [5.74, 6) is 0.678. The van der Waals surface area contributed by atoms with Crippen LogP contribution in [0.5, 0.6) is 5.75 Å². The Balaban J connectivity index is 0.00000225. The molecule has 6 heteroatoms. The fraction of sp³-hybridized carbons (Fsp3) is 0.368. The topological polar surface area (TPSA) is 29.5 Å². The van der Waals surface area contributed by atoms with Crippen LogP contribution in [0.1, 0.15) is 24.1 Å². The van der Waals surface area contributed by atoms with Gasteiger partial charge in [0.2, 0.25) is 0 Å². The van der Waals surface area contributed by atoms with Crippen molar-refractivity contribution in [1.82, 2.24) is 0 Å². The first kappa shape index (κ1) is 21.4. The number of thiophene rings is 1. The van der Waals surface area contributed by atoms with Crippen molar-refractivity contribution >= 4 is 34.5 Å². The predicted molar refractivity (Wildman–Crippen MR) is 100 cm³/mol. The van der Waals surface area contributed by atoms with Crippen molar-refractivity contribution in [3.8, 4) is 5.75 Å². The molecular formula is C19H19Cl2O2SY-. The van der Waals surface area contributed by atoms with Crippen LogP contribution < -0.4 is 4.74 Å². The molecule has 0 aliphatic heterocycles. The molecule has 2 nitrogen and oxygen atoms in total. The number of aliphatic hydroxyl groups excluding tert-OH is 1. The molecule has 1 N–H and O–H groups in total. The minimum Gasteiger partial charge on any atom is -0.493 e. The normalized spacial score (nSPS) is 19.4. The van der Waals surface area contributed by atoms with Gasteiger partial charge in [-0.15, -0.1) is 10.3 Å². The van der Waals surface area contributed by atoms with E-state index in [4.69, 9.17) is 27.9 Å². The molecule has 0 bridgehead atoms. The first-order chi connectivity index (χ1) is 11.6. The van der Waals surface area contributed by atoms with Crippen molar-refractivity contribution in [2.45, 2.75) is 31.8 Å². The molecule has 25 heavy (non-hydrogen) atoms. The van der Waals surface area contributed by atoms with Crippen LogP contribution in [0, 0.1) is 11.3 Å². The minimum atomic E-state index is -0.371. The molecule has 0 fully saturated rings. The third-order valence-electron chi connectivity index (χ3n) is 4.24. The molecule has 0 spiro atoms. The van der Waals surface area contributed by atoms with Crippen LogP contribution in [0.2, 0.25) is 10.0 Å². The Kier molecular flexibility index (Phi) is 8.94. The summed E-state index contributed by atoms with van der Waals surface area (Å²) in [5, 5.41) is 14.5. The van der Waals surface area contributed by atoms with E-state index in [1.807, 2.05) is 6.07 Å². The third-order valence-corrected chi connectivity index (χ3v) is 5.54. The van der Waals surface area contributed by atoms with Crippen LogP contribution in [-0.4, -0.2) is 17.8 Å². The van der Waals surface area contributed by atoms with E-state index in [0.29, 0.717) is 28.8 Å². The SMILES string of the molecule is O[C@@H]1CC=C(CCCc2cc[c-]s2)[C@H]1COc1cc(Cl)cc(Cl)c1.[Y]. The first-order valence-corrected chi connectivity index (χ1v) is 9.59. The van der Waals surface area contributed by atoms with Crippen LogP contribution in [0.25, 0.3) is 0 Å². The van der Waals surface area contributed by atoms with Gasteiger partial charge in [-0.1, -0.05) is 47.7 Å². The molecule has 0 amide bonds. The molecule has 1 radical (unpaired) electrons. The van der Waals surface area contributed by atoms with Gasteiger partial charge >= 0.3 is 0 Å². The van der Waals surface area contributed by atoms with Crippen LogP contribution >= 0.6 is 34.5 Å². The zero-order chi connectivity index (χ0) is 16.9. The van der Waals surface area contributed by atoms with Gasteiger partial charge < -0.3 is 21.2 Å². The summed E-state index contributed by atoms with van der Waals surface area (Å²) < 4.78 is 5.83. The summed E-state index contributed by atoms with van der Waals surface area (Å²) in [7, 11) is 0. The maximum atomic E-state index is 10.2. The number of hydrogen-bond donors (Lipinski definition) is 1. The van der Waals surface area contributed by atoms with Gasteiger partial charge in [0.15, 0.2) is 0 Å². The van der Waals surface area contributed by atoms with Crippen LogP contribution in [-0.2, 0) is 39.1 Å². The van der Waals surface area contributed by atoms with Gasteiger partial charge in [-0.3, -0.25) is 0 Å². The van der Waals surface area contributed by atoms with Gasteiger partial charge in [-0.25, -0.2) is 6.07 Å². The maximum absolute atomic E-state index is 10.2. The van der Waals surface area contributed by atoms with Crippen molar-refractivity contribution in [3.63, 3.8) is 0 Å². The van der Waals surface area contributed by atoms with Gasteiger partial charge in [0.05, 0.1) is 12.7 Å². The van der Waals surface area contributed by atoms with Crippen molar-refractivity contribution in [1.29, 1.82) is 0 Å². The zero-order valence-electron chi connectivity index (χ0n) is 13.8. The van der Waals surface area contributed by atoms with Crippen molar-refractivity contribution < 1.29 is 42.6 Å². The van der Waals surface area contributed by atoms with E-state index in [9.17, 15) is 5.11 Å². The van der Waals surface area contributed by atoms with Gasteiger partial charge in [0.1, 0.15) is 5.75 Å². The smallest absolute Gasteiger partial charge is 0.122 e. The molecule has 1 aliphatic rings. The molecule has 2 atom stereocenters. The average Bonchev–Trinajstić information content (AvgIpc) is 3.15. The van der Waals surface area contributed by atoms with Crippen LogP contribution in [0.3, 0.4) is 0 Å². The van der Waals surface area contributed by atoms with Crippen molar-refractivity contribution in [2.75, 3.05) is 6.61 Å². The molecule has 3 rings (SSSR count). The molecular weight excluding hydrogens is 452 g/mol. The number of aryl methyl sites for hydroxylation is 1. The van der Waals surface area contributed by atoms with Crippen molar-refractivity contribution in [3.05, 3.63) is 62.3 Å². The van der Waals surface area contributed by atoms with E-state index >= 15 is 0 Å². The summed E-state index contributed by atoms with van der Waals surface area (Å²) in [6.45, 7) is 0.441. The van der Waals surface area contributed by atoms with Gasteiger partial charge in [0.25, 0.3) is 0 Å². The van der Waals surface area contributed by atoms with Gasteiger partial charge in [-0.2, -0.15) is 6.07 Å². The Hall–Kier alpha value is 0.104. The zero-order valence-corrected chi connectivity index (χ0v) is 18.9. The van der Waals surface area contributed by atoms with Gasteiger partial charge in [-0.05, 0) is 31.0 Å². The van der Waals surface area contributed by atoms with E-state index in [-0.39, 0.29) is 44.7 Å². The monoisotopic (exact) mass is 470 g/mol. The van der Waals surface area contributed by atoms with Gasteiger partial charge in [0, 0.05) is 48.7 Å². The summed E-state index contributed by atoms with van der Waals surface area (Å²) in [4.78, 5) is 1.36. The van der Waals surface area contributed by atoms with E-state index < -0.39 is 0 Å². The average molecular weight is 471 g/mol. The van der Waals surface area contributed by atoms with Crippen molar-refractivity contribution in [2.24, 2.45) is 5.92 Å². The molecule has 131 valence electrons. The Morgan fingerprint density at radius 1 is 1.20 bits per heavy atom. The Bertz CT molecular complexity index is 683. The number of hydrogen-bond acceptors (Lipinski definition) is 3.